The molecule has 1 atom stereocenters. The van der Waals surface area contributed by atoms with E-state index in [0.717, 1.165) is 89.9 Å². The summed E-state index contributed by atoms with van der Waals surface area (Å²) >= 11 is 0. The van der Waals surface area contributed by atoms with Crippen LogP contribution in [0.1, 0.15) is 355 Å². The lowest BCUT2D eigenvalue weighted by molar-refractivity contribution is -0.167. The van der Waals surface area contributed by atoms with Gasteiger partial charge in [-0.2, -0.15) is 0 Å². The molecule has 0 aliphatic carbocycles. The van der Waals surface area contributed by atoms with Gasteiger partial charge in [-0.3, -0.25) is 14.4 Å². The van der Waals surface area contributed by atoms with E-state index in [1.54, 1.807) is 0 Å². The van der Waals surface area contributed by atoms with Crippen LogP contribution in [0.2, 0.25) is 0 Å². The van der Waals surface area contributed by atoms with Crippen molar-refractivity contribution in [2.24, 2.45) is 0 Å². The Kier molecular flexibility index (Phi) is 63.2. The minimum atomic E-state index is -0.785. The first-order valence-electron chi connectivity index (χ1n) is 33.8. The predicted octanol–water partition coefficient (Wildman–Crippen LogP) is 23.1. The lowest BCUT2D eigenvalue weighted by atomic mass is 10.0. The maximum absolute atomic E-state index is 12.9. The fourth-order valence-electron chi connectivity index (χ4n) is 9.84. The molecule has 0 fully saturated rings. The van der Waals surface area contributed by atoms with E-state index in [-0.39, 0.29) is 31.1 Å². The molecular formula is C71H128O6. The number of carbonyl (C=O) groups is 3. The van der Waals surface area contributed by atoms with E-state index < -0.39 is 6.10 Å². The Bertz CT molecular complexity index is 1380. The molecular weight excluding hydrogens is 949 g/mol. The van der Waals surface area contributed by atoms with Gasteiger partial charge in [0.25, 0.3) is 0 Å². The van der Waals surface area contributed by atoms with Gasteiger partial charge in [-0.1, -0.05) is 293 Å². The maximum Gasteiger partial charge on any atom is 0.306 e. The van der Waals surface area contributed by atoms with Gasteiger partial charge in [0, 0.05) is 19.3 Å². The fraction of sp³-hybridized carbons (Fsp3) is 0.817. The quantitative estimate of drug-likeness (QED) is 0.0261. The molecule has 0 aliphatic heterocycles. The lowest BCUT2D eigenvalue weighted by Gasteiger charge is -2.18. The van der Waals surface area contributed by atoms with Crippen LogP contribution in [0.15, 0.2) is 60.8 Å². The summed E-state index contributed by atoms with van der Waals surface area (Å²) in [5.41, 5.74) is 0. The largest absolute Gasteiger partial charge is 0.462 e. The molecule has 0 bridgehead atoms. The number of esters is 3. The van der Waals surface area contributed by atoms with Gasteiger partial charge in [0.05, 0.1) is 0 Å². The molecule has 0 aromatic heterocycles. The average molecular weight is 1080 g/mol. The van der Waals surface area contributed by atoms with Gasteiger partial charge in [-0.25, -0.2) is 0 Å². The Hall–Kier alpha value is -2.89. The molecule has 6 heteroatoms. The number of allylic oxidation sites excluding steroid dienone is 10. The lowest BCUT2D eigenvalue weighted by Crippen LogP contribution is -2.30. The summed E-state index contributed by atoms with van der Waals surface area (Å²) in [5.74, 6) is -0.883. The molecule has 0 heterocycles. The third-order valence-corrected chi connectivity index (χ3v) is 15.0. The number of unbranched alkanes of at least 4 members (excludes halogenated alkanes) is 41. The number of rotatable bonds is 62. The van der Waals surface area contributed by atoms with Crippen molar-refractivity contribution in [1.29, 1.82) is 0 Å². The first-order valence-corrected chi connectivity index (χ1v) is 33.8. The van der Waals surface area contributed by atoms with Crippen molar-refractivity contribution in [2.75, 3.05) is 13.2 Å². The van der Waals surface area contributed by atoms with Gasteiger partial charge in [0.1, 0.15) is 13.2 Å². The Balaban J connectivity index is 4.26. The van der Waals surface area contributed by atoms with E-state index in [0.29, 0.717) is 19.3 Å². The SMILES string of the molecule is CCCC/C=C\C/C=C\CCCCCCCC(=O)OCC(COC(=O)CCCCCCCCCCCCCCCCC/C=C\CCCCCCCCCC)OC(=O)CCCCCCCCC/C=C\C/C=C\CCCCCC. The van der Waals surface area contributed by atoms with Gasteiger partial charge in [0.2, 0.25) is 0 Å². The average Bonchev–Trinajstić information content (AvgIpc) is 3.43. The fourth-order valence-corrected chi connectivity index (χ4v) is 9.84. The zero-order chi connectivity index (χ0) is 55.7. The molecule has 0 rings (SSSR count). The van der Waals surface area contributed by atoms with E-state index in [1.807, 2.05) is 0 Å². The Morgan fingerprint density at radius 2 is 0.481 bits per heavy atom. The molecule has 0 amide bonds. The second-order valence-electron chi connectivity index (χ2n) is 22.7. The van der Waals surface area contributed by atoms with Crippen molar-refractivity contribution in [2.45, 2.75) is 361 Å². The van der Waals surface area contributed by atoms with Crippen molar-refractivity contribution in [1.82, 2.24) is 0 Å². The Morgan fingerprint density at radius 3 is 0.779 bits per heavy atom. The summed E-state index contributed by atoms with van der Waals surface area (Å²) in [5, 5.41) is 0. The second-order valence-corrected chi connectivity index (χ2v) is 22.7. The highest BCUT2D eigenvalue weighted by molar-refractivity contribution is 5.71. The van der Waals surface area contributed by atoms with Crippen LogP contribution in [0.5, 0.6) is 0 Å². The summed E-state index contributed by atoms with van der Waals surface area (Å²) in [7, 11) is 0. The van der Waals surface area contributed by atoms with Crippen LogP contribution in [0.25, 0.3) is 0 Å². The van der Waals surface area contributed by atoms with E-state index in [2.05, 4.69) is 81.5 Å². The number of hydrogen-bond donors (Lipinski definition) is 0. The first-order chi connectivity index (χ1) is 38.0. The van der Waals surface area contributed by atoms with Crippen LogP contribution in [-0.4, -0.2) is 37.2 Å². The van der Waals surface area contributed by atoms with Crippen molar-refractivity contribution in [3.63, 3.8) is 0 Å². The monoisotopic (exact) mass is 1080 g/mol. The highest BCUT2D eigenvalue weighted by Crippen LogP contribution is 2.17. The molecule has 1 unspecified atom stereocenters. The highest BCUT2D eigenvalue weighted by atomic mass is 16.6. The summed E-state index contributed by atoms with van der Waals surface area (Å²) in [6, 6.07) is 0. The van der Waals surface area contributed by atoms with Crippen molar-refractivity contribution < 1.29 is 28.6 Å². The zero-order valence-corrected chi connectivity index (χ0v) is 51.5. The zero-order valence-electron chi connectivity index (χ0n) is 51.5. The normalized spacial score (nSPS) is 12.4. The van der Waals surface area contributed by atoms with E-state index in [4.69, 9.17) is 14.2 Å². The molecule has 0 N–H and O–H groups in total. The summed E-state index contributed by atoms with van der Waals surface area (Å²) in [4.78, 5) is 38.3. The van der Waals surface area contributed by atoms with Gasteiger partial charge in [0.15, 0.2) is 6.10 Å². The van der Waals surface area contributed by atoms with Crippen molar-refractivity contribution in [3.05, 3.63) is 60.8 Å². The Labute approximate surface area is 479 Å². The smallest absolute Gasteiger partial charge is 0.306 e. The minimum Gasteiger partial charge on any atom is -0.462 e. The molecule has 6 nitrogen and oxygen atoms in total. The first kappa shape index (κ1) is 74.1. The number of carbonyl (C=O) groups excluding carboxylic acids is 3. The number of hydrogen-bond acceptors (Lipinski definition) is 6. The molecule has 448 valence electrons. The van der Waals surface area contributed by atoms with Crippen LogP contribution in [0.3, 0.4) is 0 Å². The summed E-state index contributed by atoms with van der Waals surface area (Å²) < 4.78 is 16.9. The highest BCUT2D eigenvalue weighted by Gasteiger charge is 2.19. The van der Waals surface area contributed by atoms with Crippen LogP contribution in [-0.2, 0) is 28.6 Å². The van der Waals surface area contributed by atoms with E-state index in [9.17, 15) is 14.4 Å². The van der Waals surface area contributed by atoms with Gasteiger partial charge in [-0.05, 0) is 103 Å². The second kappa shape index (κ2) is 65.6. The molecule has 0 saturated carbocycles. The van der Waals surface area contributed by atoms with E-state index in [1.165, 1.54) is 225 Å². The molecule has 0 radical (unpaired) electrons. The molecule has 0 aliphatic rings. The van der Waals surface area contributed by atoms with E-state index >= 15 is 0 Å². The van der Waals surface area contributed by atoms with Crippen LogP contribution in [0, 0.1) is 0 Å². The summed E-state index contributed by atoms with van der Waals surface area (Å²) in [6.45, 7) is 6.61. The molecule has 0 aromatic rings. The Morgan fingerprint density at radius 1 is 0.260 bits per heavy atom. The van der Waals surface area contributed by atoms with Gasteiger partial charge >= 0.3 is 17.9 Å². The minimum absolute atomic E-state index is 0.0796. The van der Waals surface area contributed by atoms with Crippen molar-refractivity contribution >= 4 is 17.9 Å². The number of ether oxygens (including phenoxy) is 3. The standard InChI is InChI=1S/C71H128O6/c1-4-7-10-13-16-19-22-25-28-30-32-33-34-35-36-37-38-39-40-42-43-46-49-52-55-58-61-64-70(73)76-67-68(66-75-69(72)63-60-57-54-51-48-45-27-24-21-18-15-12-9-6-3)77-71(74)65-62-59-56-53-50-47-44-41-31-29-26-23-20-17-14-11-8-5-2/h15,18,20,23-24,27,29-32,68H,4-14,16-17,19,21-22,25-26,28,33-67H2,1-3H3/b18-15-,23-20-,27-24-,31-29-,32-30-. The third-order valence-electron chi connectivity index (χ3n) is 15.0. The van der Waals surface area contributed by atoms with Gasteiger partial charge < -0.3 is 14.2 Å². The molecule has 0 aromatic carbocycles. The van der Waals surface area contributed by atoms with Crippen LogP contribution >= 0.6 is 0 Å². The maximum atomic E-state index is 12.9. The van der Waals surface area contributed by atoms with Crippen LogP contribution in [0.4, 0.5) is 0 Å². The predicted molar refractivity (Wildman–Crippen MR) is 335 cm³/mol. The topological polar surface area (TPSA) is 78.9 Å². The summed E-state index contributed by atoms with van der Waals surface area (Å²) in [6.07, 6.45) is 83.8. The molecule has 0 saturated heterocycles. The van der Waals surface area contributed by atoms with Crippen molar-refractivity contribution in [3.8, 4) is 0 Å². The molecule has 0 spiro atoms. The van der Waals surface area contributed by atoms with Gasteiger partial charge in [-0.15, -0.1) is 0 Å². The third kappa shape index (κ3) is 63.8. The molecule has 77 heavy (non-hydrogen) atoms. The van der Waals surface area contributed by atoms with Crippen LogP contribution < -0.4 is 0 Å².